The Morgan fingerprint density at radius 1 is 1.20 bits per heavy atom. The Balaban J connectivity index is 0.00000361. The van der Waals surface area contributed by atoms with Crippen molar-refractivity contribution in [2.24, 2.45) is 5.73 Å². The second-order valence-corrected chi connectivity index (χ2v) is 4.99. The summed E-state index contributed by atoms with van der Waals surface area (Å²) in [7, 11) is 0. The third kappa shape index (κ3) is 6.77. The second kappa shape index (κ2) is 6.95. The van der Waals surface area contributed by atoms with Crippen LogP contribution in [0.1, 0.15) is 25.8 Å². The number of rotatable bonds is 4. The highest BCUT2D eigenvalue weighted by Crippen LogP contribution is 2.22. The lowest BCUT2D eigenvalue weighted by molar-refractivity contribution is -0.134. The van der Waals surface area contributed by atoms with E-state index in [0.717, 1.165) is 0 Å². The zero-order valence-corrected chi connectivity index (χ0v) is 12.1. The standard InChI is InChI=1S/C13H17F3N2O.ClH/c1-12(2,17)11(19)18-10-5-3-9(4-6-10)7-8-13(14,15)16;/h3-6H,7-8,17H2,1-2H3,(H,18,19);1H. The maximum Gasteiger partial charge on any atom is 0.389 e. The van der Waals surface area contributed by atoms with Crippen LogP contribution in [0, 0.1) is 0 Å². The van der Waals surface area contributed by atoms with Crippen LogP contribution in [0.25, 0.3) is 0 Å². The van der Waals surface area contributed by atoms with Gasteiger partial charge in [-0.3, -0.25) is 4.79 Å². The van der Waals surface area contributed by atoms with Crippen molar-refractivity contribution in [3.63, 3.8) is 0 Å². The van der Waals surface area contributed by atoms with Gasteiger partial charge in [0.05, 0.1) is 5.54 Å². The highest BCUT2D eigenvalue weighted by molar-refractivity contribution is 5.97. The van der Waals surface area contributed by atoms with Gasteiger partial charge in [-0.15, -0.1) is 12.4 Å². The summed E-state index contributed by atoms with van der Waals surface area (Å²) in [5.41, 5.74) is 5.70. The third-order valence-corrected chi connectivity index (χ3v) is 2.49. The number of alkyl halides is 3. The van der Waals surface area contributed by atoms with Crippen LogP contribution in [0.2, 0.25) is 0 Å². The van der Waals surface area contributed by atoms with E-state index in [0.29, 0.717) is 11.3 Å². The minimum absolute atomic E-state index is 0. The van der Waals surface area contributed by atoms with Crippen molar-refractivity contribution in [1.82, 2.24) is 0 Å². The Morgan fingerprint density at radius 3 is 2.10 bits per heavy atom. The summed E-state index contributed by atoms with van der Waals surface area (Å²) < 4.78 is 36.2. The topological polar surface area (TPSA) is 55.1 Å². The van der Waals surface area contributed by atoms with Gasteiger partial charge < -0.3 is 11.1 Å². The summed E-state index contributed by atoms with van der Waals surface area (Å²) in [6.45, 7) is 3.14. The highest BCUT2D eigenvalue weighted by atomic mass is 35.5. The zero-order valence-electron chi connectivity index (χ0n) is 11.3. The Bertz CT molecular complexity index is 438. The number of halogens is 4. The first-order chi connectivity index (χ1) is 8.58. The molecule has 0 bridgehead atoms. The van der Waals surface area contributed by atoms with Crippen molar-refractivity contribution < 1.29 is 18.0 Å². The number of amides is 1. The Hall–Kier alpha value is -1.27. The molecule has 0 saturated carbocycles. The van der Waals surface area contributed by atoms with Gasteiger partial charge in [-0.2, -0.15) is 13.2 Å². The van der Waals surface area contributed by atoms with Crippen LogP contribution in [-0.4, -0.2) is 17.6 Å². The third-order valence-electron chi connectivity index (χ3n) is 2.49. The van der Waals surface area contributed by atoms with E-state index in [2.05, 4.69) is 5.32 Å². The number of carbonyl (C=O) groups is 1. The molecule has 0 aliphatic heterocycles. The van der Waals surface area contributed by atoms with Gasteiger partial charge in [0.1, 0.15) is 0 Å². The predicted molar refractivity (Wildman–Crippen MR) is 75.0 cm³/mol. The van der Waals surface area contributed by atoms with Gasteiger partial charge in [-0.25, -0.2) is 0 Å². The molecule has 0 atom stereocenters. The average Bonchev–Trinajstić information content (AvgIpc) is 2.26. The number of benzene rings is 1. The van der Waals surface area contributed by atoms with Crippen LogP contribution in [0.5, 0.6) is 0 Å². The molecule has 0 aromatic heterocycles. The number of hydrogen-bond donors (Lipinski definition) is 2. The molecule has 0 saturated heterocycles. The molecule has 0 radical (unpaired) electrons. The average molecular weight is 311 g/mol. The lowest BCUT2D eigenvalue weighted by atomic mass is 10.1. The van der Waals surface area contributed by atoms with Crippen molar-refractivity contribution in [3.8, 4) is 0 Å². The molecular formula is C13H18ClF3N2O. The van der Waals surface area contributed by atoms with Gasteiger partial charge in [-0.05, 0) is 38.0 Å². The molecule has 3 N–H and O–H groups in total. The largest absolute Gasteiger partial charge is 0.389 e. The quantitative estimate of drug-likeness (QED) is 0.896. The van der Waals surface area contributed by atoms with Crippen LogP contribution >= 0.6 is 12.4 Å². The first kappa shape index (κ1) is 18.7. The maximum atomic E-state index is 12.1. The molecule has 0 aliphatic rings. The number of nitrogens with two attached hydrogens (primary N) is 1. The van der Waals surface area contributed by atoms with E-state index in [-0.39, 0.29) is 24.7 Å². The van der Waals surface area contributed by atoms with E-state index in [1.54, 1.807) is 38.1 Å². The number of aryl methyl sites for hydroxylation is 1. The van der Waals surface area contributed by atoms with Crippen LogP contribution in [0.4, 0.5) is 18.9 Å². The monoisotopic (exact) mass is 310 g/mol. The van der Waals surface area contributed by atoms with Crippen LogP contribution in [-0.2, 0) is 11.2 Å². The predicted octanol–water partition coefficient (Wildman–Crippen LogP) is 3.28. The van der Waals surface area contributed by atoms with E-state index in [1.165, 1.54) is 0 Å². The summed E-state index contributed by atoms with van der Waals surface area (Å²) in [6.07, 6.45) is -5.08. The van der Waals surface area contributed by atoms with Crippen molar-refractivity contribution in [2.75, 3.05) is 5.32 Å². The van der Waals surface area contributed by atoms with Gasteiger partial charge in [0.2, 0.25) is 5.91 Å². The van der Waals surface area contributed by atoms with Gasteiger partial charge >= 0.3 is 6.18 Å². The van der Waals surface area contributed by atoms with Crippen molar-refractivity contribution in [1.29, 1.82) is 0 Å². The summed E-state index contributed by atoms with van der Waals surface area (Å²) in [5.74, 6) is -0.351. The highest BCUT2D eigenvalue weighted by Gasteiger charge is 2.26. The molecule has 114 valence electrons. The van der Waals surface area contributed by atoms with Crippen LogP contribution in [0.3, 0.4) is 0 Å². The fourth-order valence-corrected chi connectivity index (χ4v) is 1.33. The second-order valence-electron chi connectivity index (χ2n) is 4.99. The van der Waals surface area contributed by atoms with E-state index >= 15 is 0 Å². The Labute approximate surface area is 122 Å². The number of nitrogens with one attached hydrogen (secondary N) is 1. The number of carbonyl (C=O) groups excluding carboxylic acids is 1. The van der Waals surface area contributed by atoms with E-state index < -0.39 is 18.1 Å². The van der Waals surface area contributed by atoms with E-state index in [4.69, 9.17) is 5.73 Å². The first-order valence-electron chi connectivity index (χ1n) is 5.84. The van der Waals surface area contributed by atoms with Crippen LogP contribution < -0.4 is 11.1 Å². The molecule has 1 aromatic rings. The summed E-state index contributed by atoms with van der Waals surface area (Å²) in [4.78, 5) is 11.6. The fourth-order valence-electron chi connectivity index (χ4n) is 1.33. The van der Waals surface area contributed by atoms with Crippen LogP contribution in [0.15, 0.2) is 24.3 Å². The number of anilines is 1. The van der Waals surface area contributed by atoms with Gasteiger partial charge in [0.15, 0.2) is 0 Å². The summed E-state index contributed by atoms with van der Waals surface area (Å²) in [5, 5.41) is 2.60. The Morgan fingerprint density at radius 2 is 1.70 bits per heavy atom. The van der Waals surface area contributed by atoms with Gasteiger partial charge in [-0.1, -0.05) is 12.1 Å². The molecule has 0 unspecified atom stereocenters. The minimum Gasteiger partial charge on any atom is -0.325 e. The Kier molecular flexibility index (Phi) is 6.50. The molecule has 0 heterocycles. The fraction of sp³-hybridized carbons (Fsp3) is 0.462. The summed E-state index contributed by atoms with van der Waals surface area (Å²) >= 11 is 0. The van der Waals surface area contributed by atoms with Crippen molar-refractivity contribution in [2.45, 2.75) is 38.4 Å². The summed E-state index contributed by atoms with van der Waals surface area (Å²) in [6, 6.07) is 6.25. The SMILES string of the molecule is CC(C)(N)C(=O)Nc1ccc(CCC(F)(F)F)cc1.Cl. The van der Waals surface area contributed by atoms with E-state index in [9.17, 15) is 18.0 Å². The normalized spacial score (nSPS) is 11.7. The smallest absolute Gasteiger partial charge is 0.325 e. The molecule has 3 nitrogen and oxygen atoms in total. The first-order valence-corrected chi connectivity index (χ1v) is 5.84. The molecule has 0 aliphatic carbocycles. The molecular weight excluding hydrogens is 293 g/mol. The van der Waals surface area contributed by atoms with Crippen molar-refractivity contribution in [3.05, 3.63) is 29.8 Å². The van der Waals surface area contributed by atoms with Gasteiger partial charge in [0.25, 0.3) is 0 Å². The van der Waals surface area contributed by atoms with Gasteiger partial charge in [0, 0.05) is 12.1 Å². The lowest BCUT2D eigenvalue weighted by Crippen LogP contribution is -2.45. The van der Waals surface area contributed by atoms with E-state index in [1.807, 2.05) is 0 Å². The molecule has 20 heavy (non-hydrogen) atoms. The zero-order chi connectivity index (χ0) is 14.7. The molecule has 0 spiro atoms. The molecule has 0 fully saturated rings. The molecule has 7 heteroatoms. The van der Waals surface area contributed by atoms with Crippen molar-refractivity contribution >= 4 is 24.0 Å². The molecule has 1 aromatic carbocycles. The molecule has 1 rings (SSSR count). The number of hydrogen-bond acceptors (Lipinski definition) is 2. The maximum absolute atomic E-state index is 12.1. The lowest BCUT2D eigenvalue weighted by Gasteiger charge is -2.17. The minimum atomic E-state index is -4.16. The molecule has 1 amide bonds.